The van der Waals surface area contributed by atoms with Gasteiger partial charge in [-0.05, 0) is 34.6 Å². The normalized spacial score (nSPS) is 12.6. The van der Waals surface area contributed by atoms with E-state index < -0.39 is 0 Å². The van der Waals surface area contributed by atoms with Gasteiger partial charge in [0.05, 0.1) is 6.04 Å². The van der Waals surface area contributed by atoms with Crippen molar-refractivity contribution in [1.29, 1.82) is 0 Å². The molecule has 1 unspecified atom stereocenters. The van der Waals surface area contributed by atoms with Gasteiger partial charge in [0.15, 0.2) is 0 Å². The molecule has 2 aromatic heterocycles. The lowest BCUT2D eigenvalue weighted by atomic mass is 10.1. The number of aryl methyl sites for hydroxylation is 1. The van der Waals surface area contributed by atoms with Crippen LogP contribution in [-0.4, -0.2) is 21.1 Å². The van der Waals surface area contributed by atoms with Crippen LogP contribution in [0, 0.1) is 0 Å². The highest BCUT2D eigenvalue weighted by Crippen LogP contribution is 2.16. The van der Waals surface area contributed by atoms with Crippen molar-refractivity contribution in [2.75, 3.05) is 6.54 Å². The Labute approximate surface area is 116 Å². The molecule has 2 heterocycles. The second-order valence-corrected chi connectivity index (χ2v) is 5.09. The molecular formula is C13H17BrN4. The summed E-state index contributed by atoms with van der Waals surface area (Å²) in [6.07, 6.45) is 6.46. The van der Waals surface area contributed by atoms with Gasteiger partial charge in [0, 0.05) is 42.2 Å². The SMILES string of the molecule is CCNC(Cc1ccc(Br)cn1)c1nccn1C. The summed E-state index contributed by atoms with van der Waals surface area (Å²) in [5.41, 5.74) is 1.06. The van der Waals surface area contributed by atoms with Gasteiger partial charge in [-0.3, -0.25) is 4.98 Å². The molecule has 0 radical (unpaired) electrons. The summed E-state index contributed by atoms with van der Waals surface area (Å²) < 4.78 is 3.05. The first-order valence-corrected chi connectivity index (χ1v) is 6.81. The van der Waals surface area contributed by atoms with Crippen molar-refractivity contribution in [3.8, 4) is 0 Å². The molecule has 0 aliphatic rings. The summed E-state index contributed by atoms with van der Waals surface area (Å²) in [5, 5.41) is 3.45. The largest absolute Gasteiger partial charge is 0.337 e. The number of nitrogens with one attached hydrogen (secondary N) is 1. The molecule has 1 N–H and O–H groups in total. The van der Waals surface area contributed by atoms with Crippen LogP contribution in [0.3, 0.4) is 0 Å². The summed E-state index contributed by atoms with van der Waals surface area (Å²) in [5.74, 6) is 1.04. The molecule has 0 amide bonds. The van der Waals surface area contributed by atoms with Gasteiger partial charge in [-0.15, -0.1) is 0 Å². The number of hydrogen-bond acceptors (Lipinski definition) is 3. The number of hydrogen-bond donors (Lipinski definition) is 1. The van der Waals surface area contributed by atoms with Gasteiger partial charge >= 0.3 is 0 Å². The van der Waals surface area contributed by atoms with Crippen LogP contribution in [0.5, 0.6) is 0 Å². The lowest BCUT2D eigenvalue weighted by molar-refractivity contribution is 0.502. The summed E-state index contributed by atoms with van der Waals surface area (Å²) in [7, 11) is 2.02. The third kappa shape index (κ3) is 3.17. The van der Waals surface area contributed by atoms with Crippen LogP contribution in [0.1, 0.15) is 24.5 Å². The number of halogens is 1. The highest BCUT2D eigenvalue weighted by Gasteiger charge is 2.15. The van der Waals surface area contributed by atoms with Crippen LogP contribution < -0.4 is 5.32 Å². The van der Waals surface area contributed by atoms with E-state index in [4.69, 9.17) is 0 Å². The molecule has 0 fully saturated rings. The van der Waals surface area contributed by atoms with Crippen molar-refractivity contribution in [3.63, 3.8) is 0 Å². The molecule has 0 saturated heterocycles. The summed E-state index contributed by atoms with van der Waals surface area (Å²) in [6, 6.07) is 4.25. The Kier molecular flexibility index (Phi) is 4.49. The monoisotopic (exact) mass is 308 g/mol. The topological polar surface area (TPSA) is 42.7 Å². The van der Waals surface area contributed by atoms with Crippen LogP contribution in [0.15, 0.2) is 35.2 Å². The third-order valence-electron chi connectivity index (χ3n) is 2.82. The Morgan fingerprint density at radius 1 is 1.39 bits per heavy atom. The fourth-order valence-corrected chi connectivity index (χ4v) is 2.18. The Hall–Kier alpha value is -1.20. The molecule has 2 rings (SSSR count). The molecule has 0 bridgehead atoms. The zero-order valence-electron chi connectivity index (χ0n) is 10.6. The first-order valence-electron chi connectivity index (χ1n) is 6.01. The second kappa shape index (κ2) is 6.11. The van der Waals surface area contributed by atoms with Crippen LogP contribution >= 0.6 is 15.9 Å². The molecule has 18 heavy (non-hydrogen) atoms. The Bertz CT molecular complexity index is 492. The van der Waals surface area contributed by atoms with Crippen LogP contribution in [0.25, 0.3) is 0 Å². The van der Waals surface area contributed by atoms with Gasteiger partial charge in [-0.2, -0.15) is 0 Å². The molecule has 0 spiro atoms. The first kappa shape index (κ1) is 13.2. The van der Waals surface area contributed by atoms with Crippen molar-refractivity contribution >= 4 is 15.9 Å². The number of imidazole rings is 1. The molecule has 5 heteroatoms. The quantitative estimate of drug-likeness (QED) is 0.922. The van der Waals surface area contributed by atoms with Crippen molar-refractivity contribution in [1.82, 2.24) is 19.9 Å². The van der Waals surface area contributed by atoms with Gasteiger partial charge in [0.25, 0.3) is 0 Å². The molecule has 0 saturated carbocycles. The van der Waals surface area contributed by atoms with Crippen molar-refractivity contribution in [2.24, 2.45) is 7.05 Å². The number of pyridine rings is 1. The fourth-order valence-electron chi connectivity index (χ4n) is 1.95. The van der Waals surface area contributed by atoms with Crippen molar-refractivity contribution < 1.29 is 0 Å². The average molecular weight is 309 g/mol. The lowest BCUT2D eigenvalue weighted by Gasteiger charge is -2.17. The van der Waals surface area contributed by atoms with Gasteiger partial charge in [0.1, 0.15) is 5.82 Å². The van der Waals surface area contributed by atoms with Gasteiger partial charge in [-0.1, -0.05) is 6.92 Å². The summed E-state index contributed by atoms with van der Waals surface area (Å²) in [4.78, 5) is 8.83. The number of rotatable bonds is 5. The molecular weight excluding hydrogens is 292 g/mol. The molecule has 96 valence electrons. The molecule has 0 aliphatic carbocycles. The molecule has 0 aromatic carbocycles. The van der Waals surface area contributed by atoms with Crippen molar-refractivity contribution in [3.05, 3.63) is 46.7 Å². The zero-order chi connectivity index (χ0) is 13.0. The van der Waals surface area contributed by atoms with Gasteiger partial charge in [0.2, 0.25) is 0 Å². The Morgan fingerprint density at radius 2 is 2.22 bits per heavy atom. The van der Waals surface area contributed by atoms with Crippen LogP contribution in [0.2, 0.25) is 0 Å². The predicted octanol–water partition coefficient (Wildman–Crippen LogP) is 2.47. The van der Waals surface area contributed by atoms with E-state index in [2.05, 4.69) is 38.1 Å². The Balaban J connectivity index is 2.16. The van der Waals surface area contributed by atoms with Crippen molar-refractivity contribution in [2.45, 2.75) is 19.4 Å². The van der Waals surface area contributed by atoms with Crippen LogP contribution in [0.4, 0.5) is 0 Å². The van der Waals surface area contributed by atoms with Crippen LogP contribution in [-0.2, 0) is 13.5 Å². The highest BCUT2D eigenvalue weighted by atomic mass is 79.9. The molecule has 4 nitrogen and oxygen atoms in total. The fraction of sp³-hybridized carbons (Fsp3) is 0.385. The number of aromatic nitrogens is 3. The maximum atomic E-state index is 4.42. The number of nitrogens with zero attached hydrogens (tertiary/aromatic N) is 3. The minimum atomic E-state index is 0.198. The van der Waals surface area contributed by atoms with Gasteiger partial charge in [-0.25, -0.2) is 4.98 Å². The Morgan fingerprint density at radius 3 is 2.78 bits per heavy atom. The van der Waals surface area contributed by atoms with Gasteiger partial charge < -0.3 is 9.88 Å². The standard InChI is InChI=1S/C13H17BrN4/c1-3-15-12(13-16-6-7-18(13)2)8-11-5-4-10(14)9-17-11/h4-7,9,12,15H,3,8H2,1-2H3. The molecule has 0 aliphatic heterocycles. The zero-order valence-corrected chi connectivity index (χ0v) is 12.2. The lowest BCUT2D eigenvalue weighted by Crippen LogP contribution is -2.26. The summed E-state index contributed by atoms with van der Waals surface area (Å²) >= 11 is 3.40. The van der Waals surface area contributed by atoms with E-state index in [1.54, 1.807) is 0 Å². The smallest absolute Gasteiger partial charge is 0.125 e. The van der Waals surface area contributed by atoms with E-state index >= 15 is 0 Å². The molecule has 2 aromatic rings. The predicted molar refractivity (Wildman–Crippen MR) is 75.3 cm³/mol. The maximum absolute atomic E-state index is 4.42. The number of likely N-dealkylation sites (N-methyl/N-ethyl adjacent to an activating group) is 1. The maximum Gasteiger partial charge on any atom is 0.125 e. The average Bonchev–Trinajstić information content (AvgIpc) is 2.78. The van der Waals surface area contributed by atoms with E-state index in [0.29, 0.717) is 0 Å². The molecule has 1 atom stereocenters. The van der Waals surface area contributed by atoms with E-state index in [1.165, 1.54) is 0 Å². The highest BCUT2D eigenvalue weighted by molar-refractivity contribution is 9.10. The minimum Gasteiger partial charge on any atom is -0.337 e. The second-order valence-electron chi connectivity index (χ2n) is 4.18. The van der Waals surface area contributed by atoms with E-state index in [-0.39, 0.29) is 6.04 Å². The summed E-state index contributed by atoms with van der Waals surface area (Å²) in [6.45, 7) is 3.01. The van der Waals surface area contributed by atoms with E-state index in [9.17, 15) is 0 Å². The first-order chi connectivity index (χ1) is 8.70. The van der Waals surface area contributed by atoms with E-state index in [1.807, 2.05) is 42.3 Å². The third-order valence-corrected chi connectivity index (χ3v) is 3.29. The van der Waals surface area contributed by atoms with E-state index in [0.717, 1.165) is 29.0 Å². The minimum absolute atomic E-state index is 0.198.